The molecule has 2 aromatic rings. The quantitative estimate of drug-likeness (QED) is 0.518. The van der Waals surface area contributed by atoms with Crippen LogP contribution >= 0.6 is 0 Å². The third kappa shape index (κ3) is 6.34. The number of benzene rings is 2. The second kappa shape index (κ2) is 9.09. The molecule has 2 rings (SSSR count). The third-order valence-corrected chi connectivity index (χ3v) is 3.48. The van der Waals surface area contributed by atoms with E-state index in [2.05, 4.69) is 5.32 Å². The van der Waals surface area contributed by atoms with Crippen LogP contribution in [0.5, 0.6) is 5.75 Å². The average Bonchev–Trinajstić information content (AvgIpc) is 2.61. The number of hydrogen-bond donors (Lipinski definition) is 2. The highest BCUT2D eigenvalue weighted by Gasteiger charge is 2.29. The maximum Gasteiger partial charge on any atom is 0.416 e. The van der Waals surface area contributed by atoms with Crippen molar-refractivity contribution in [3.8, 4) is 5.75 Å². The molecule has 2 N–H and O–H groups in total. The third-order valence-electron chi connectivity index (χ3n) is 3.48. The van der Waals surface area contributed by atoms with Gasteiger partial charge in [-0.1, -0.05) is 0 Å². The van der Waals surface area contributed by atoms with E-state index in [0.29, 0.717) is 35.9 Å². The lowest BCUT2D eigenvalue weighted by Gasteiger charge is -2.14. The summed E-state index contributed by atoms with van der Waals surface area (Å²) >= 11 is 0. The number of ether oxygens (including phenoxy) is 2. The minimum absolute atomic E-state index is 0.320. The van der Waals surface area contributed by atoms with Crippen LogP contribution in [-0.4, -0.2) is 31.4 Å². The Morgan fingerprint density at radius 3 is 2.44 bits per heavy atom. The molecule has 0 aliphatic rings. The topological polar surface area (TPSA) is 67.8 Å². The molecule has 0 saturated carbocycles. The molecule has 0 fully saturated rings. The summed E-state index contributed by atoms with van der Waals surface area (Å²) in [7, 11) is 1.54. The molecule has 0 aliphatic carbocycles. The molecule has 0 aromatic heterocycles. The van der Waals surface area contributed by atoms with Gasteiger partial charge in [-0.25, -0.2) is 4.79 Å². The number of anilines is 2. The van der Waals surface area contributed by atoms with Crippen LogP contribution in [-0.2, 0) is 15.7 Å². The van der Waals surface area contributed by atoms with Crippen LogP contribution in [0.1, 0.15) is 11.1 Å². The Hall–Kier alpha value is -3.00. The van der Waals surface area contributed by atoms with E-state index in [1.54, 1.807) is 25.3 Å². The normalized spacial score (nSPS) is 11.6. The number of carboxylic acids is 1. The second-order valence-corrected chi connectivity index (χ2v) is 5.46. The molecule has 144 valence electrons. The highest BCUT2D eigenvalue weighted by atomic mass is 19.4. The lowest BCUT2D eigenvalue weighted by Crippen LogP contribution is -2.05. The molecule has 8 heteroatoms. The van der Waals surface area contributed by atoms with Gasteiger partial charge in [0.1, 0.15) is 12.4 Å². The Morgan fingerprint density at radius 1 is 1.15 bits per heavy atom. The van der Waals surface area contributed by atoms with Gasteiger partial charge < -0.3 is 19.9 Å². The minimum Gasteiger partial charge on any atom is -0.491 e. The molecule has 0 bridgehead atoms. The van der Waals surface area contributed by atoms with Crippen molar-refractivity contribution in [2.45, 2.75) is 6.18 Å². The van der Waals surface area contributed by atoms with E-state index in [9.17, 15) is 18.0 Å². The number of halogens is 3. The smallest absolute Gasteiger partial charge is 0.416 e. The van der Waals surface area contributed by atoms with Gasteiger partial charge >= 0.3 is 12.1 Å². The van der Waals surface area contributed by atoms with Gasteiger partial charge in [-0.2, -0.15) is 13.2 Å². The van der Waals surface area contributed by atoms with Gasteiger partial charge in [0, 0.05) is 30.6 Å². The number of hydrogen-bond acceptors (Lipinski definition) is 4. The predicted molar refractivity (Wildman–Crippen MR) is 95.2 cm³/mol. The Bertz CT molecular complexity index is 802. The van der Waals surface area contributed by atoms with Gasteiger partial charge in [0.25, 0.3) is 0 Å². The number of nitrogens with one attached hydrogen (secondary N) is 1. The molecule has 27 heavy (non-hydrogen) atoms. The lowest BCUT2D eigenvalue weighted by atomic mass is 10.1. The van der Waals surface area contributed by atoms with E-state index < -0.39 is 17.7 Å². The van der Waals surface area contributed by atoms with E-state index in [0.717, 1.165) is 18.2 Å². The highest BCUT2D eigenvalue weighted by molar-refractivity contribution is 5.87. The number of methoxy groups -OCH3 is 1. The van der Waals surface area contributed by atoms with Crippen LogP contribution in [0, 0.1) is 0 Å². The van der Waals surface area contributed by atoms with Crippen molar-refractivity contribution >= 4 is 23.4 Å². The number of carboxylic acid groups (broad SMARTS) is 1. The maximum atomic E-state index is 12.7. The number of aliphatic carboxylic acids is 1. The fourth-order valence-electron chi connectivity index (χ4n) is 2.18. The molecule has 5 nitrogen and oxygen atoms in total. The molecule has 0 spiro atoms. The van der Waals surface area contributed by atoms with Crippen molar-refractivity contribution in [1.82, 2.24) is 0 Å². The summed E-state index contributed by atoms with van der Waals surface area (Å²) in [5, 5.41) is 11.8. The number of carbonyl (C=O) groups is 1. The Labute approximate surface area is 154 Å². The first kappa shape index (κ1) is 20.3. The Balaban J connectivity index is 2.27. The second-order valence-electron chi connectivity index (χ2n) is 5.46. The molecule has 0 heterocycles. The minimum atomic E-state index is -4.41. The number of alkyl halides is 3. The first-order valence-electron chi connectivity index (χ1n) is 7.90. The zero-order chi connectivity index (χ0) is 19.9. The summed E-state index contributed by atoms with van der Waals surface area (Å²) in [5.41, 5.74) is 0.691. The molecular weight excluding hydrogens is 363 g/mol. The highest BCUT2D eigenvalue weighted by Crippen LogP contribution is 2.31. The maximum absolute atomic E-state index is 12.7. The van der Waals surface area contributed by atoms with Gasteiger partial charge in [0.2, 0.25) is 0 Å². The summed E-state index contributed by atoms with van der Waals surface area (Å²) in [6, 6.07) is 9.47. The van der Waals surface area contributed by atoms with Crippen LogP contribution in [0.4, 0.5) is 24.5 Å². The molecule has 0 amide bonds. The van der Waals surface area contributed by atoms with Gasteiger partial charge in [0.15, 0.2) is 0 Å². The van der Waals surface area contributed by atoms with Crippen LogP contribution < -0.4 is 10.1 Å². The SMILES string of the molecule is COCCOc1ccc(C=CC(=O)O)c(Nc2ccc(C(F)(F)F)cc2)c1. The monoisotopic (exact) mass is 381 g/mol. The molecule has 0 radical (unpaired) electrons. The molecule has 2 aromatic carbocycles. The predicted octanol–water partition coefficient (Wildman–Crippen LogP) is 4.57. The van der Waals surface area contributed by atoms with Gasteiger partial charge in [0.05, 0.1) is 12.2 Å². The zero-order valence-electron chi connectivity index (χ0n) is 14.4. The van der Waals surface area contributed by atoms with E-state index >= 15 is 0 Å². The standard InChI is InChI=1S/C19H18F3NO4/c1-26-10-11-27-16-8-2-13(3-9-18(24)25)17(12-16)23-15-6-4-14(5-7-15)19(20,21)22/h2-9,12,23H,10-11H2,1H3,(H,24,25). The van der Waals surface area contributed by atoms with Crippen molar-refractivity contribution in [3.05, 3.63) is 59.7 Å². The molecular formula is C19H18F3NO4. The summed E-state index contributed by atoms with van der Waals surface area (Å²) in [6.45, 7) is 0.711. The van der Waals surface area contributed by atoms with Gasteiger partial charge in [-0.3, -0.25) is 0 Å². The van der Waals surface area contributed by atoms with Crippen LogP contribution in [0.15, 0.2) is 48.5 Å². The molecule has 0 unspecified atom stereocenters. The van der Waals surface area contributed by atoms with E-state index in [-0.39, 0.29) is 0 Å². The number of rotatable bonds is 8. The molecule has 0 saturated heterocycles. The van der Waals surface area contributed by atoms with E-state index in [1.165, 1.54) is 18.2 Å². The largest absolute Gasteiger partial charge is 0.491 e. The summed E-state index contributed by atoms with van der Waals surface area (Å²) in [4.78, 5) is 10.8. The zero-order valence-corrected chi connectivity index (χ0v) is 14.4. The molecule has 0 atom stereocenters. The van der Waals surface area contributed by atoms with Crippen molar-refractivity contribution in [1.29, 1.82) is 0 Å². The Kier molecular flexibility index (Phi) is 6.84. The van der Waals surface area contributed by atoms with Gasteiger partial charge in [-0.05, 0) is 48.0 Å². The Morgan fingerprint density at radius 2 is 1.85 bits per heavy atom. The first-order valence-corrected chi connectivity index (χ1v) is 7.90. The fraction of sp³-hybridized carbons (Fsp3) is 0.211. The lowest BCUT2D eigenvalue weighted by molar-refractivity contribution is -0.137. The average molecular weight is 381 g/mol. The van der Waals surface area contributed by atoms with Crippen molar-refractivity contribution < 1.29 is 32.5 Å². The van der Waals surface area contributed by atoms with Crippen LogP contribution in [0.3, 0.4) is 0 Å². The summed E-state index contributed by atoms with van der Waals surface area (Å²) < 4.78 is 48.4. The van der Waals surface area contributed by atoms with Crippen LogP contribution in [0.2, 0.25) is 0 Å². The fourth-order valence-corrected chi connectivity index (χ4v) is 2.18. The van der Waals surface area contributed by atoms with Crippen molar-refractivity contribution in [2.24, 2.45) is 0 Å². The van der Waals surface area contributed by atoms with E-state index in [4.69, 9.17) is 14.6 Å². The van der Waals surface area contributed by atoms with Crippen molar-refractivity contribution in [3.63, 3.8) is 0 Å². The van der Waals surface area contributed by atoms with Gasteiger partial charge in [-0.15, -0.1) is 0 Å². The van der Waals surface area contributed by atoms with E-state index in [1.807, 2.05) is 0 Å². The first-order chi connectivity index (χ1) is 12.8. The molecule has 0 aliphatic heterocycles. The summed E-state index contributed by atoms with van der Waals surface area (Å²) in [5.74, 6) is -0.607. The van der Waals surface area contributed by atoms with Crippen molar-refractivity contribution in [2.75, 3.05) is 25.6 Å². The summed E-state index contributed by atoms with van der Waals surface area (Å²) in [6.07, 6.45) is -2.06. The van der Waals surface area contributed by atoms with Crippen LogP contribution in [0.25, 0.3) is 6.08 Å².